The first-order chi connectivity index (χ1) is 7.29. The zero-order chi connectivity index (χ0) is 12.4. The monoisotopic (exact) mass is 229 g/mol. The number of rotatable bonds is 4. The van der Waals surface area contributed by atoms with Crippen LogP contribution < -0.4 is 0 Å². The highest BCUT2D eigenvalue weighted by atomic mass is 16.3. The van der Waals surface area contributed by atoms with Gasteiger partial charge in [0.2, 0.25) is 0 Å². The lowest BCUT2D eigenvalue weighted by atomic mass is 9.78. The Bertz CT molecular complexity index is 208. The van der Waals surface area contributed by atoms with Crippen molar-refractivity contribution < 1.29 is 10.2 Å². The van der Waals surface area contributed by atoms with Crippen LogP contribution in [-0.4, -0.2) is 45.4 Å². The Hall–Kier alpha value is -0.120. The Balaban J connectivity index is 2.68. The second-order valence-corrected chi connectivity index (χ2v) is 6.27. The van der Waals surface area contributed by atoms with E-state index in [0.29, 0.717) is 0 Å². The molecule has 0 atom stereocenters. The predicted octanol–water partition coefficient (Wildman–Crippen LogP) is 1.77. The van der Waals surface area contributed by atoms with Gasteiger partial charge in [-0.15, -0.1) is 0 Å². The van der Waals surface area contributed by atoms with Crippen LogP contribution in [0.4, 0.5) is 0 Å². The van der Waals surface area contributed by atoms with Crippen molar-refractivity contribution in [2.24, 2.45) is 0 Å². The van der Waals surface area contributed by atoms with E-state index in [1.165, 1.54) is 0 Å². The highest BCUT2D eigenvalue weighted by molar-refractivity contribution is 4.99. The van der Waals surface area contributed by atoms with Gasteiger partial charge in [-0.25, -0.2) is 0 Å². The molecule has 0 spiro atoms. The zero-order valence-corrected chi connectivity index (χ0v) is 11.2. The van der Waals surface area contributed by atoms with Gasteiger partial charge in [0, 0.05) is 17.7 Å². The number of aliphatic hydroxyl groups excluding tert-OH is 2. The second kappa shape index (κ2) is 5.03. The summed E-state index contributed by atoms with van der Waals surface area (Å²) in [5, 5.41) is 18.7. The molecular formula is C13H27NO2. The summed E-state index contributed by atoms with van der Waals surface area (Å²) in [5.74, 6) is 0. The molecule has 0 bridgehead atoms. The van der Waals surface area contributed by atoms with Crippen molar-refractivity contribution >= 4 is 0 Å². The van der Waals surface area contributed by atoms with Gasteiger partial charge in [0.15, 0.2) is 0 Å². The van der Waals surface area contributed by atoms with Crippen molar-refractivity contribution in [3.8, 4) is 0 Å². The maximum atomic E-state index is 9.90. The molecule has 0 aromatic rings. The molecule has 0 amide bonds. The molecule has 0 unspecified atom stereocenters. The van der Waals surface area contributed by atoms with Crippen LogP contribution >= 0.6 is 0 Å². The van der Waals surface area contributed by atoms with Crippen molar-refractivity contribution in [1.82, 2.24) is 4.90 Å². The molecule has 1 fully saturated rings. The van der Waals surface area contributed by atoms with Crippen LogP contribution in [0.1, 0.15) is 53.4 Å². The number of nitrogens with zero attached hydrogens (tertiary/aromatic N) is 1. The van der Waals surface area contributed by atoms with Gasteiger partial charge in [-0.3, -0.25) is 4.90 Å². The standard InChI is InChI=1S/C13H27NO2/c1-12(2)9-11(16)10-13(3,4)14(12)7-5-6-8-15/h11,15-16H,5-10H2,1-4H3. The molecule has 0 saturated carbocycles. The third kappa shape index (κ3) is 3.19. The van der Waals surface area contributed by atoms with Crippen LogP contribution in [0.2, 0.25) is 0 Å². The maximum absolute atomic E-state index is 9.90. The van der Waals surface area contributed by atoms with Crippen molar-refractivity contribution in [3.63, 3.8) is 0 Å². The molecule has 1 heterocycles. The lowest BCUT2D eigenvalue weighted by Crippen LogP contribution is -2.61. The molecule has 3 heteroatoms. The quantitative estimate of drug-likeness (QED) is 0.722. The largest absolute Gasteiger partial charge is 0.396 e. The van der Waals surface area contributed by atoms with E-state index < -0.39 is 0 Å². The normalized spacial score (nSPS) is 25.9. The van der Waals surface area contributed by atoms with E-state index >= 15 is 0 Å². The van der Waals surface area contributed by atoms with Gasteiger partial charge in [-0.05, 0) is 59.9 Å². The summed E-state index contributed by atoms with van der Waals surface area (Å²) in [4.78, 5) is 2.49. The highest BCUT2D eigenvalue weighted by Gasteiger charge is 2.44. The topological polar surface area (TPSA) is 43.7 Å². The minimum Gasteiger partial charge on any atom is -0.396 e. The molecule has 1 aliphatic rings. The first-order valence-electron chi connectivity index (χ1n) is 6.36. The zero-order valence-electron chi connectivity index (χ0n) is 11.2. The SMILES string of the molecule is CC1(C)CC(O)CC(C)(C)N1CCCCO. The van der Waals surface area contributed by atoms with Crippen molar-refractivity contribution in [2.45, 2.75) is 70.6 Å². The van der Waals surface area contributed by atoms with Crippen LogP contribution in [0.3, 0.4) is 0 Å². The number of hydrogen-bond donors (Lipinski definition) is 2. The lowest BCUT2D eigenvalue weighted by molar-refractivity contribution is -0.0812. The molecule has 0 aliphatic carbocycles. The van der Waals surface area contributed by atoms with Crippen molar-refractivity contribution in [1.29, 1.82) is 0 Å². The molecule has 1 saturated heterocycles. The summed E-state index contributed by atoms with van der Waals surface area (Å²) in [6.07, 6.45) is 3.40. The molecule has 1 aliphatic heterocycles. The van der Waals surface area contributed by atoms with Gasteiger partial charge in [0.25, 0.3) is 0 Å². The van der Waals surface area contributed by atoms with E-state index in [9.17, 15) is 5.11 Å². The van der Waals surface area contributed by atoms with Crippen LogP contribution in [0.25, 0.3) is 0 Å². The number of likely N-dealkylation sites (tertiary alicyclic amines) is 1. The summed E-state index contributed by atoms with van der Waals surface area (Å²) in [6, 6.07) is 0. The Morgan fingerprint density at radius 1 is 1.06 bits per heavy atom. The lowest BCUT2D eigenvalue weighted by Gasteiger charge is -2.54. The van der Waals surface area contributed by atoms with Crippen LogP contribution in [0, 0.1) is 0 Å². The summed E-state index contributed by atoms with van der Waals surface area (Å²) in [6.45, 7) is 10.1. The molecule has 2 N–H and O–H groups in total. The summed E-state index contributed by atoms with van der Waals surface area (Å²) in [5.41, 5.74) is 0.104. The summed E-state index contributed by atoms with van der Waals surface area (Å²) >= 11 is 0. The van der Waals surface area contributed by atoms with Crippen LogP contribution in [0.15, 0.2) is 0 Å². The Morgan fingerprint density at radius 2 is 1.56 bits per heavy atom. The fourth-order valence-electron chi connectivity index (χ4n) is 3.25. The number of aliphatic hydroxyl groups is 2. The minimum atomic E-state index is -0.181. The minimum absolute atomic E-state index is 0.0522. The first-order valence-corrected chi connectivity index (χ1v) is 6.36. The number of hydrogen-bond acceptors (Lipinski definition) is 3. The predicted molar refractivity (Wildman–Crippen MR) is 66.4 cm³/mol. The van der Waals surface area contributed by atoms with Gasteiger partial charge in [0.1, 0.15) is 0 Å². The first kappa shape index (κ1) is 13.9. The van der Waals surface area contributed by atoms with Gasteiger partial charge in [-0.1, -0.05) is 0 Å². The van der Waals surface area contributed by atoms with Gasteiger partial charge in [-0.2, -0.15) is 0 Å². The van der Waals surface area contributed by atoms with Crippen molar-refractivity contribution in [2.75, 3.05) is 13.2 Å². The van der Waals surface area contributed by atoms with E-state index in [2.05, 4.69) is 32.6 Å². The van der Waals surface area contributed by atoms with Gasteiger partial charge < -0.3 is 10.2 Å². The molecule has 3 nitrogen and oxygen atoms in total. The Kier molecular flexibility index (Phi) is 4.38. The third-order valence-corrected chi connectivity index (χ3v) is 3.72. The van der Waals surface area contributed by atoms with Crippen molar-refractivity contribution in [3.05, 3.63) is 0 Å². The van der Waals surface area contributed by atoms with E-state index in [1.807, 2.05) is 0 Å². The molecule has 0 radical (unpaired) electrons. The second-order valence-electron chi connectivity index (χ2n) is 6.27. The Labute approximate surface area is 99.5 Å². The molecule has 0 aromatic carbocycles. The average Bonchev–Trinajstić information content (AvgIpc) is 2.07. The molecule has 96 valence electrons. The molecule has 1 rings (SSSR count). The van der Waals surface area contributed by atoms with Crippen LogP contribution in [-0.2, 0) is 0 Å². The maximum Gasteiger partial charge on any atom is 0.0575 e. The number of piperidine rings is 1. The number of unbranched alkanes of at least 4 members (excludes halogenated alkanes) is 1. The van der Waals surface area contributed by atoms with E-state index in [1.54, 1.807) is 0 Å². The fourth-order valence-corrected chi connectivity index (χ4v) is 3.25. The summed E-state index contributed by atoms with van der Waals surface area (Å²) in [7, 11) is 0. The smallest absolute Gasteiger partial charge is 0.0575 e. The van der Waals surface area contributed by atoms with Crippen LogP contribution in [0.5, 0.6) is 0 Å². The van der Waals surface area contributed by atoms with Gasteiger partial charge >= 0.3 is 0 Å². The molecule has 0 aromatic heterocycles. The average molecular weight is 229 g/mol. The Morgan fingerprint density at radius 3 is 2.00 bits per heavy atom. The fraction of sp³-hybridized carbons (Fsp3) is 1.00. The highest BCUT2D eigenvalue weighted by Crippen LogP contribution is 2.38. The molecule has 16 heavy (non-hydrogen) atoms. The van der Waals surface area contributed by atoms with E-state index in [0.717, 1.165) is 32.2 Å². The third-order valence-electron chi connectivity index (χ3n) is 3.72. The van der Waals surface area contributed by atoms with E-state index in [4.69, 9.17) is 5.11 Å². The molecular weight excluding hydrogens is 202 g/mol. The van der Waals surface area contributed by atoms with E-state index in [-0.39, 0.29) is 23.8 Å². The van der Waals surface area contributed by atoms with Gasteiger partial charge in [0.05, 0.1) is 6.10 Å². The summed E-state index contributed by atoms with van der Waals surface area (Å²) < 4.78 is 0.